The van der Waals surface area contributed by atoms with Crippen molar-refractivity contribution in [3.05, 3.63) is 24.3 Å². The van der Waals surface area contributed by atoms with Gasteiger partial charge >= 0.3 is 0 Å². The largest absolute Gasteiger partial charge is 0.245 e. The van der Waals surface area contributed by atoms with Gasteiger partial charge in [-0.3, -0.25) is 0 Å². The summed E-state index contributed by atoms with van der Waals surface area (Å²) in [7, 11) is 0. The molecule has 2 nitrogen and oxygen atoms in total. The van der Waals surface area contributed by atoms with Crippen LogP contribution in [0.3, 0.4) is 0 Å². The summed E-state index contributed by atoms with van der Waals surface area (Å²) in [6.45, 7) is 2.03. The van der Waals surface area contributed by atoms with Crippen LogP contribution in [0.15, 0.2) is 18.6 Å². The number of alkyl halides is 1. The van der Waals surface area contributed by atoms with Crippen LogP contribution in [0.5, 0.6) is 0 Å². The zero-order valence-corrected chi connectivity index (χ0v) is 6.67. The second-order valence-corrected chi connectivity index (χ2v) is 3.12. The van der Waals surface area contributed by atoms with Crippen LogP contribution in [0.4, 0.5) is 0 Å². The van der Waals surface area contributed by atoms with E-state index in [0.29, 0.717) is 4.83 Å². The van der Waals surface area contributed by atoms with Crippen molar-refractivity contribution in [2.24, 2.45) is 0 Å². The zero-order chi connectivity index (χ0) is 6.69. The van der Waals surface area contributed by atoms with Gasteiger partial charge < -0.3 is 0 Å². The van der Waals surface area contributed by atoms with Gasteiger partial charge in [-0.05, 0) is 13.0 Å². The fourth-order valence-corrected chi connectivity index (χ4v) is 0.807. The molecule has 1 rings (SSSR count). The van der Waals surface area contributed by atoms with E-state index in [-0.39, 0.29) is 0 Å². The van der Waals surface area contributed by atoms with Crippen LogP contribution in [0, 0.1) is 0 Å². The molecule has 0 aromatic carbocycles. The van der Waals surface area contributed by atoms with Crippen LogP contribution < -0.4 is 0 Å². The van der Waals surface area contributed by atoms with Crippen molar-refractivity contribution in [2.45, 2.75) is 11.8 Å². The monoisotopic (exact) mass is 186 g/mol. The molecule has 0 aliphatic rings. The number of halogens is 1. The lowest BCUT2D eigenvalue weighted by molar-refractivity contribution is 0.990. The van der Waals surface area contributed by atoms with Crippen molar-refractivity contribution in [1.29, 1.82) is 0 Å². The Morgan fingerprint density at radius 1 is 1.67 bits per heavy atom. The lowest BCUT2D eigenvalue weighted by atomic mass is 10.3. The first-order chi connectivity index (χ1) is 4.30. The van der Waals surface area contributed by atoms with Gasteiger partial charge in [0.2, 0.25) is 0 Å². The molecule has 0 radical (unpaired) electrons. The Bertz CT molecular complexity index is 174. The van der Waals surface area contributed by atoms with E-state index in [1.165, 1.54) is 0 Å². The fourth-order valence-electron chi connectivity index (χ4n) is 0.536. The minimum atomic E-state index is 0.320. The number of hydrogen-bond acceptors (Lipinski definition) is 2. The Morgan fingerprint density at radius 3 is 2.78 bits per heavy atom. The van der Waals surface area contributed by atoms with E-state index in [2.05, 4.69) is 25.9 Å². The molecule has 1 aromatic rings. The van der Waals surface area contributed by atoms with Gasteiger partial charge in [0.1, 0.15) is 6.33 Å². The van der Waals surface area contributed by atoms with Gasteiger partial charge in [0, 0.05) is 6.20 Å². The third kappa shape index (κ3) is 1.75. The molecular weight excluding hydrogens is 180 g/mol. The van der Waals surface area contributed by atoms with E-state index < -0.39 is 0 Å². The number of rotatable bonds is 1. The van der Waals surface area contributed by atoms with Crippen molar-refractivity contribution in [3.63, 3.8) is 0 Å². The highest BCUT2D eigenvalue weighted by atomic mass is 79.9. The van der Waals surface area contributed by atoms with Crippen LogP contribution in [0.2, 0.25) is 0 Å². The second kappa shape index (κ2) is 2.92. The zero-order valence-electron chi connectivity index (χ0n) is 5.08. The molecule has 1 aromatic heterocycles. The van der Waals surface area contributed by atoms with Crippen molar-refractivity contribution in [3.8, 4) is 0 Å². The van der Waals surface area contributed by atoms with E-state index in [0.717, 1.165) is 5.69 Å². The average Bonchev–Trinajstić information content (AvgIpc) is 1.90. The molecule has 1 atom stereocenters. The first-order valence-corrected chi connectivity index (χ1v) is 3.62. The summed E-state index contributed by atoms with van der Waals surface area (Å²) in [4.78, 5) is 8.14. The standard InChI is InChI=1S/C6H7BrN2/c1-5(7)6-2-3-8-4-9-6/h2-5H,1H3. The maximum absolute atomic E-state index is 4.02. The molecule has 0 aliphatic heterocycles. The number of nitrogens with zero attached hydrogens (tertiary/aromatic N) is 2. The normalized spacial score (nSPS) is 13.1. The van der Waals surface area contributed by atoms with Gasteiger partial charge in [-0.1, -0.05) is 15.9 Å². The molecule has 0 spiro atoms. The summed E-state index contributed by atoms with van der Waals surface area (Å²) in [5.74, 6) is 0. The molecule has 1 heterocycles. The predicted molar refractivity (Wildman–Crippen MR) is 39.4 cm³/mol. The fraction of sp³-hybridized carbons (Fsp3) is 0.333. The van der Waals surface area contributed by atoms with Crippen molar-refractivity contribution in [2.75, 3.05) is 0 Å². The van der Waals surface area contributed by atoms with Gasteiger partial charge in [0.25, 0.3) is 0 Å². The van der Waals surface area contributed by atoms with E-state index in [9.17, 15) is 0 Å². The van der Waals surface area contributed by atoms with E-state index in [4.69, 9.17) is 0 Å². The van der Waals surface area contributed by atoms with Gasteiger partial charge in [-0.25, -0.2) is 9.97 Å². The van der Waals surface area contributed by atoms with Gasteiger partial charge in [-0.15, -0.1) is 0 Å². The van der Waals surface area contributed by atoms with E-state index in [1.807, 2.05) is 13.0 Å². The predicted octanol–water partition coefficient (Wildman–Crippen LogP) is 1.93. The maximum atomic E-state index is 4.02. The van der Waals surface area contributed by atoms with Crippen LogP contribution in [-0.4, -0.2) is 9.97 Å². The summed E-state index contributed by atoms with van der Waals surface area (Å²) in [5.41, 5.74) is 1.02. The first-order valence-electron chi connectivity index (χ1n) is 2.70. The Kier molecular flexibility index (Phi) is 2.16. The number of hydrogen-bond donors (Lipinski definition) is 0. The molecule has 0 saturated carbocycles. The molecule has 0 fully saturated rings. The first kappa shape index (κ1) is 6.68. The third-order valence-corrected chi connectivity index (χ3v) is 1.48. The van der Waals surface area contributed by atoms with Crippen LogP contribution in [0.1, 0.15) is 17.4 Å². The maximum Gasteiger partial charge on any atom is 0.115 e. The molecule has 0 bridgehead atoms. The smallest absolute Gasteiger partial charge is 0.115 e. The Labute approximate surface area is 62.5 Å². The highest BCUT2D eigenvalue weighted by Gasteiger charge is 1.97. The SMILES string of the molecule is CC(Br)c1ccncn1. The van der Waals surface area contributed by atoms with E-state index in [1.54, 1.807) is 12.5 Å². The topological polar surface area (TPSA) is 25.8 Å². The average molecular weight is 187 g/mol. The van der Waals surface area contributed by atoms with Crippen LogP contribution in [0.25, 0.3) is 0 Å². The quantitative estimate of drug-likeness (QED) is 0.627. The molecule has 0 amide bonds. The summed E-state index contributed by atoms with van der Waals surface area (Å²) < 4.78 is 0. The molecule has 0 saturated heterocycles. The van der Waals surface area contributed by atoms with Crippen molar-refractivity contribution >= 4 is 15.9 Å². The van der Waals surface area contributed by atoms with Crippen LogP contribution >= 0.6 is 15.9 Å². The Morgan fingerprint density at radius 2 is 2.44 bits per heavy atom. The molecule has 48 valence electrons. The van der Waals surface area contributed by atoms with Crippen LogP contribution in [-0.2, 0) is 0 Å². The molecular formula is C6H7BrN2. The summed E-state index contributed by atoms with van der Waals surface area (Å²) >= 11 is 3.39. The van der Waals surface area contributed by atoms with Crippen molar-refractivity contribution in [1.82, 2.24) is 9.97 Å². The Balaban J connectivity index is 2.85. The lowest BCUT2D eigenvalue weighted by Crippen LogP contribution is -1.87. The summed E-state index contributed by atoms with van der Waals surface area (Å²) in [6.07, 6.45) is 3.28. The molecule has 1 unspecified atom stereocenters. The minimum absolute atomic E-state index is 0.320. The summed E-state index contributed by atoms with van der Waals surface area (Å²) in [6, 6.07) is 1.89. The van der Waals surface area contributed by atoms with Gasteiger partial charge in [-0.2, -0.15) is 0 Å². The Hall–Kier alpha value is -0.440. The third-order valence-electron chi connectivity index (χ3n) is 1.01. The highest BCUT2D eigenvalue weighted by Crippen LogP contribution is 2.17. The molecule has 0 aliphatic carbocycles. The molecule has 9 heavy (non-hydrogen) atoms. The minimum Gasteiger partial charge on any atom is -0.245 e. The second-order valence-electron chi connectivity index (χ2n) is 1.75. The molecule has 3 heteroatoms. The highest BCUT2D eigenvalue weighted by molar-refractivity contribution is 9.09. The van der Waals surface area contributed by atoms with Crippen molar-refractivity contribution < 1.29 is 0 Å². The molecule has 0 N–H and O–H groups in total. The number of aromatic nitrogens is 2. The summed E-state index contributed by atoms with van der Waals surface area (Å²) in [5, 5.41) is 0. The lowest BCUT2D eigenvalue weighted by Gasteiger charge is -1.97. The van der Waals surface area contributed by atoms with E-state index >= 15 is 0 Å². The van der Waals surface area contributed by atoms with Gasteiger partial charge in [0.15, 0.2) is 0 Å². The van der Waals surface area contributed by atoms with Gasteiger partial charge in [0.05, 0.1) is 10.5 Å².